The molecule has 1 saturated heterocycles. The summed E-state index contributed by atoms with van der Waals surface area (Å²) in [5, 5.41) is 30.1. The second kappa shape index (κ2) is 7.26. The van der Waals surface area contributed by atoms with Crippen molar-refractivity contribution in [1.29, 1.82) is 0 Å². The van der Waals surface area contributed by atoms with Crippen molar-refractivity contribution in [3.05, 3.63) is 65.0 Å². The summed E-state index contributed by atoms with van der Waals surface area (Å²) in [6.07, 6.45) is -0.615. The van der Waals surface area contributed by atoms with Crippen LogP contribution < -0.4 is 0 Å². The van der Waals surface area contributed by atoms with Crippen molar-refractivity contribution < 1.29 is 28.5 Å². The normalized spacial score (nSPS) is 18.7. The van der Waals surface area contributed by atoms with Crippen LogP contribution in [-0.4, -0.2) is 39.9 Å². The van der Waals surface area contributed by atoms with E-state index in [2.05, 4.69) is 0 Å². The second-order valence-electron chi connectivity index (χ2n) is 6.68. The summed E-state index contributed by atoms with van der Waals surface area (Å²) in [7, 11) is 0. The number of halogens is 3. The third kappa shape index (κ3) is 3.85. The summed E-state index contributed by atoms with van der Waals surface area (Å²) >= 11 is 0. The van der Waals surface area contributed by atoms with Gasteiger partial charge in [0.1, 0.15) is 11.6 Å². The van der Waals surface area contributed by atoms with Crippen LogP contribution in [0.5, 0.6) is 5.75 Å². The minimum Gasteiger partial charge on any atom is -0.505 e. The fourth-order valence-electron chi connectivity index (χ4n) is 3.32. The first-order valence-electron chi connectivity index (χ1n) is 8.35. The molecular weight excluding hydrogens is 347 g/mol. The number of β-amino-alcohol motifs (C(OH)–C–C–N with tert-alkyl or cyclic N) is 1. The number of piperidine rings is 1. The lowest BCUT2D eigenvalue weighted by Crippen LogP contribution is -2.44. The second-order valence-corrected chi connectivity index (χ2v) is 6.68. The van der Waals surface area contributed by atoms with Crippen molar-refractivity contribution in [3.8, 4) is 5.75 Å². The molecule has 7 heteroatoms. The Morgan fingerprint density at radius 1 is 1.04 bits per heavy atom. The van der Waals surface area contributed by atoms with E-state index in [4.69, 9.17) is 5.11 Å². The van der Waals surface area contributed by atoms with E-state index >= 15 is 0 Å². The molecule has 0 radical (unpaired) electrons. The minimum atomic E-state index is -1.27. The van der Waals surface area contributed by atoms with Crippen LogP contribution in [0.3, 0.4) is 0 Å². The van der Waals surface area contributed by atoms with E-state index in [1.165, 1.54) is 12.1 Å². The number of hydrogen-bond donors (Lipinski definition) is 3. The molecule has 0 bridgehead atoms. The van der Waals surface area contributed by atoms with Gasteiger partial charge in [0.2, 0.25) is 0 Å². The van der Waals surface area contributed by atoms with Crippen LogP contribution in [0.2, 0.25) is 0 Å². The van der Waals surface area contributed by atoms with Gasteiger partial charge in [-0.2, -0.15) is 0 Å². The van der Waals surface area contributed by atoms with Crippen molar-refractivity contribution in [2.75, 3.05) is 19.6 Å². The van der Waals surface area contributed by atoms with Crippen molar-refractivity contribution in [1.82, 2.24) is 4.90 Å². The Hall–Kier alpha value is -2.09. The summed E-state index contributed by atoms with van der Waals surface area (Å²) in [5.41, 5.74) is -0.880. The Kier molecular flexibility index (Phi) is 5.22. The SMILES string of the molecule is Oc1cc(F)c(C(O)CN2CCC(O)(c3cccc(F)c3)CC2)cc1F. The van der Waals surface area contributed by atoms with Gasteiger partial charge in [-0.25, -0.2) is 13.2 Å². The van der Waals surface area contributed by atoms with Gasteiger partial charge in [0.05, 0.1) is 11.7 Å². The van der Waals surface area contributed by atoms with Crippen molar-refractivity contribution in [3.63, 3.8) is 0 Å². The number of benzene rings is 2. The highest BCUT2D eigenvalue weighted by Gasteiger charge is 2.35. The predicted molar refractivity (Wildman–Crippen MR) is 89.0 cm³/mol. The van der Waals surface area contributed by atoms with E-state index in [1.54, 1.807) is 12.1 Å². The number of aliphatic hydroxyl groups is 2. The highest BCUT2D eigenvalue weighted by atomic mass is 19.1. The van der Waals surface area contributed by atoms with E-state index in [1.807, 2.05) is 4.90 Å². The van der Waals surface area contributed by atoms with Crippen molar-refractivity contribution in [2.24, 2.45) is 0 Å². The van der Waals surface area contributed by atoms with Gasteiger partial charge in [0, 0.05) is 31.3 Å². The Bertz CT molecular complexity index is 792. The zero-order valence-electron chi connectivity index (χ0n) is 14.0. The maximum atomic E-state index is 13.8. The van der Waals surface area contributed by atoms with Crippen LogP contribution in [-0.2, 0) is 5.60 Å². The van der Waals surface area contributed by atoms with Crippen LogP contribution >= 0.6 is 0 Å². The highest BCUT2D eigenvalue weighted by Crippen LogP contribution is 2.34. The molecule has 3 rings (SSSR count). The Morgan fingerprint density at radius 3 is 2.38 bits per heavy atom. The first-order valence-corrected chi connectivity index (χ1v) is 8.35. The standard InChI is InChI=1S/C19H20F3NO3/c20-13-3-1-2-12(8-13)19(26)4-6-23(7-5-19)11-18(25)14-9-16(22)17(24)10-15(14)21/h1-3,8-10,18,24-26H,4-7,11H2. The average Bonchev–Trinajstić information content (AvgIpc) is 2.60. The van der Waals surface area contributed by atoms with Crippen LogP contribution in [0.4, 0.5) is 13.2 Å². The molecule has 3 N–H and O–H groups in total. The lowest BCUT2D eigenvalue weighted by molar-refractivity contribution is -0.0349. The van der Waals surface area contributed by atoms with Crippen molar-refractivity contribution in [2.45, 2.75) is 24.5 Å². The molecular formula is C19H20F3NO3. The molecule has 1 atom stereocenters. The van der Waals surface area contributed by atoms with Gasteiger partial charge in [-0.05, 0) is 36.6 Å². The van der Waals surface area contributed by atoms with Crippen LogP contribution in [0, 0.1) is 17.5 Å². The van der Waals surface area contributed by atoms with Gasteiger partial charge >= 0.3 is 0 Å². The summed E-state index contributed by atoms with van der Waals surface area (Å²) in [5.74, 6) is -3.11. The summed E-state index contributed by atoms with van der Waals surface area (Å²) < 4.78 is 40.6. The number of aromatic hydroxyl groups is 1. The highest BCUT2D eigenvalue weighted by molar-refractivity contribution is 5.31. The predicted octanol–water partition coefficient (Wildman–Crippen LogP) is 2.83. The van der Waals surface area contributed by atoms with Crippen LogP contribution in [0.25, 0.3) is 0 Å². The van der Waals surface area contributed by atoms with E-state index < -0.39 is 34.9 Å². The molecule has 2 aromatic rings. The number of nitrogens with zero attached hydrogens (tertiary/aromatic N) is 1. The van der Waals surface area contributed by atoms with Gasteiger partial charge in [-0.1, -0.05) is 12.1 Å². The maximum Gasteiger partial charge on any atom is 0.165 e. The number of phenolic OH excluding ortho intramolecular Hbond substituents is 1. The molecule has 0 amide bonds. The van der Waals surface area contributed by atoms with E-state index in [9.17, 15) is 23.4 Å². The minimum absolute atomic E-state index is 0.0559. The third-order valence-corrected chi connectivity index (χ3v) is 4.90. The first-order chi connectivity index (χ1) is 12.3. The largest absolute Gasteiger partial charge is 0.505 e. The van der Waals surface area contributed by atoms with Gasteiger partial charge in [-0.3, -0.25) is 0 Å². The average molecular weight is 367 g/mol. The Labute approximate surface area is 149 Å². The lowest BCUT2D eigenvalue weighted by Gasteiger charge is -2.39. The molecule has 0 aromatic heterocycles. The molecule has 1 aliphatic rings. The number of hydrogen-bond acceptors (Lipinski definition) is 4. The number of rotatable bonds is 4. The van der Waals surface area contributed by atoms with E-state index in [0.29, 0.717) is 37.6 Å². The van der Waals surface area contributed by atoms with Gasteiger partial charge in [0.15, 0.2) is 11.6 Å². The van der Waals surface area contributed by atoms with Crippen molar-refractivity contribution >= 4 is 0 Å². The molecule has 0 saturated carbocycles. The molecule has 0 spiro atoms. The quantitative estimate of drug-likeness (QED) is 0.778. The fraction of sp³-hybridized carbons (Fsp3) is 0.368. The molecule has 4 nitrogen and oxygen atoms in total. The zero-order chi connectivity index (χ0) is 18.9. The van der Waals surface area contributed by atoms with Gasteiger partial charge in [0.25, 0.3) is 0 Å². The Morgan fingerprint density at radius 2 is 1.73 bits per heavy atom. The number of aliphatic hydroxyl groups excluding tert-OH is 1. The monoisotopic (exact) mass is 367 g/mol. The molecule has 1 heterocycles. The molecule has 26 heavy (non-hydrogen) atoms. The van der Waals surface area contributed by atoms with Crippen LogP contribution in [0.1, 0.15) is 30.1 Å². The van der Waals surface area contributed by atoms with Crippen LogP contribution in [0.15, 0.2) is 36.4 Å². The smallest absolute Gasteiger partial charge is 0.165 e. The molecule has 140 valence electrons. The number of phenols is 1. The summed E-state index contributed by atoms with van der Waals surface area (Å²) in [6.45, 7) is 0.874. The first kappa shape index (κ1) is 18.7. The van der Waals surface area contributed by atoms with Gasteiger partial charge in [-0.15, -0.1) is 0 Å². The number of likely N-dealkylation sites (tertiary alicyclic amines) is 1. The third-order valence-electron chi connectivity index (χ3n) is 4.90. The fourth-order valence-corrected chi connectivity index (χ4v) is 3.32. The maximum absolute atomic E-state index is 13.8. The summed E-state index contributed by atoms with van der Waals surface area (Å²) in [6, 6.07) is 7.24. The molecule has 1 unspecified atom stereocenters. The molecule has 1 fully saturated rings. The molecule has 1 aliphatic heterocycles. The topological polar surface area (TPSA) is 63.9 Å². The van der Waals surface area contributed by atoms with E-state index in [-0.39, 0.29) is 12.1 Å². The van der Waals surface area contributed by atoms with E-state index in [0.717, 1.165) is 6.07 Å². The summed E-state index contributed by atoms with van der Waals surface area (Å²) in [4.78, 5) is 1.82. The molecule has 2 aromatic carbocycles. The van der Waals surface area contributed by atoms with Gasteiger partial charge < -0.3 is 20.2 Å². The molecule has 0 aliphatic carbocycles. The zero-order valence-corrected chi connectivity index (χ0v) is 14.0. The Balaban J connectivity index is 1.64. The lowest BCUT2D eigenvalue weighted by atomic mass is 9.84.